The van der Waals surface area contributed by atoms with E-state index in [1.807, 2.05) is 66.7 Å². The maximum Gasteiger partial charge on any atom is 0.330 e. The van der Waals surface area contributed by atoms with Crippen LogP contribution in [-0.4, -0.2) is 47.9 Å². The van der Waals surface area contributed by atoms with Crippen molar-refractivity contribution in [2.24, 2.45) is 0 Å². The second-order valence-electron chi connectivity index (χ2n) is 11.8. The highest BCUT2D eigenvalue weighted by Gasteiger charge is 2.53. The molecule has 1 aliphatic heterocycles. The van der Waals surface area contributed by atoms with Gasteiger partial charge in [0.15, 0.2) is 6.23 Å². The SMILES string of the molecule is Cc1cn([C@@H]2O[C@H](CO[Si](c3ccccc3)(c3ccccc3)C(C)(C)C)[C@@H](OCc3ccccc3)[C@H]2O)c(=O)[nH]c1=O. The van der Waals surface area contributed by atoms with Gasteiger partial charge in [-0.3, -0.25) is 14.3 Å². The number of H-pyrrole nitrogens is 1. The zero-order valence-electron chi connectivity index (χ0n) is 24.4. The molecule has 0 radical (unpaired) electrons. The van der Waals surface area contributed by atoms with Gasteiger partial charge in [-0.1, -0.05) is 112 Å². The number of aromatic nitrogens is 2. The number of benzene rings is 3. The van der Waals surface area contributed by atoms with Crippen molar-refractivity contribution in [2.45, 2.75) is 63.9 Å². The van der Waals surface area contributed by atoms with Crippen molar-refractivity contribution in [1.29, 1.82) is 0 Å². The number of aryl methyl sites for hydroxylation is 1. The number of hydrogen-bond donors (Lipinski definition) is 2. The van der Waals surface area contributed by atoms with E-state index in [0.29, 0.717) is 5.56 Å². The van der Waals surface area contributed by atoms with E-state index < -0.39 is 44.1 Å². The van der Waals surface area contributed by atoms with Crippen LogP contribution in [0.1, 0.15) is 38.1 Å². The first kappa shape index (κ1) is 29.9. The molecule has 5 rings (SSSR count). The molecule has 42 heavy (non-hydrogen) atoms. The maximum absolute atomic E-state index is 12.8. The fraction of sp³-hybridized carbons (Fsp3) is 0.333. The number of nitrogens with zero attached hydrogens (tertiary/aromatic N) is 1. The Hall–Kier alpha value is -3.60. The summed E-state index contributed by atoms with van der Waals surface area (Å²) in [5, 5.41) is 13.5. The van der Waals surface area contributed by atoms with E-state index in [9.17, 15) is 14.7 Å². The van der Waals surface area contributed by atoms with Crippen LogP contribution in [0.3, 0.4) is 0 Å². The molecule has 0 bridgehead atoms. The van der Waals surface area contributed by atoms with E-state index >= 15 is 0 Å². The van der Waals surface area contributed by atoms with Crippen LogP contribution in [0.25, 0.3) is 0 Å². The molecule has 1 aliphatic rings. The largest absolute Gasteiger partial charge is 0.405 e. The third-order valence-electron chi connectivity index (χ3n) is 7.90. The molecule has 4 aromatic rings. The van der Waals surface area contributed by atoms with Crippen LogP contribution in [0.2, 0.25) is 5.04 Å². The maximum atomic E-state index is 12.8. The predicted octanol–water partition coefficient (Wildman–Crippen LogP) is 3.27. The fourth-order valence-electron chi connectivity index (χ4n) is 5.80. The Morgan fingerprint density at radius 1 is 0.905 bits per heavy atom. The minimum Gasteiger partial charge on any atom is -0.405 e. The molecule has 4 atom stereocenters. The molecule has 220 valence electrons. The van der Waals surface area contributed by atoms with Crippen LogP contribution in [0.5, 0.6) is 0 Å². The van der Waals surface area contributed by atoms with Crippen molar-refractivity contribution in [3.8, 4) is 0 Å². The third-order valence-corrected chi connectivity index (χ3v) is 12.9. The Morgan fingerprint density at radius 2 is 1.45 bits per heavy atom. The fourth-order valence-corrected chi connectivity index (χ4v) is 10.4. The summed E-state index contributed by atoms with van der Waals surface area (Å²) in [4.78, 5) is 27.1. The summed E-state index contributed by atoms with van der Waals surface area (Å²) < 4.78 is 21.0. The average Bonchev–Trinajstić information content (AvgIpc) is 3.29. The second kappa shape index (κ2) is 12.3. The molecular weight excluding hydrogens is 548 g/mol. The van der Waals surface area contributed by atoms with Gasteiger partial charge in [-0.25, -0.2) is 4.79 Å². The number of nitrogens with one attached hydrogen (secondary N) is 1. The van der Waals surface area contributed by atoms with Crippen LogP contribution < -0.4 is 21.6 Å². The normalized spacial score (nSPS) is 21.0. The van der Waals surface area contributed by atoms with E-state index in [0.717, 1.165) is 15.9 Å². The van der Waals surface area contributed by atoms with Crippen molar-refractivity contribution in [2.75, 3.05) is 6.61 Å². The van der Waals surface area contributed by atoms with E-state index in [2.05, 4.69) is 50.0 Å². The first-order valence-corrected chi connectivity index (χ1v) is 16.1. The van der Waals surface area contributed by atoms with Crippen LogP contribution in [0.15, 0.2) is 107 Å². The van der Waals surface area contributed by atoms with Crippen molar-refractivity contribution in [3.05, 3.63) is 129 Å². The summed E-state index contributed by atoms with van der Waals surface area (Å²) in [5.41, 5.74) is 0.133. The van der Waals surface area contributed by atoms with Crippen LogP contribution in [0, 0.1) is 6.92 Å². The minimum atomic E-state index is -2.92. The van der Waals surface area contributed by atoms with Gasteiger partial charge in [-0.15, -0.1) is 0 Å². The topological polar surface area (TPSA) is 103 Å². The van der Waals surface area contributed by atoms with Gasteiger partial charge in [0.1, 0.15) is 18.3 Å². The highest BCUT2D eigenvalue weighted by molar-refractivity contribution is 6.99. The number of ether oxygens (including phenoxy) is 2. The molecule has 1 saturated heterocycles. The Morgan fingerprint density at radius 3 is 2.00 bits per heavy atom. The van der Waals surface area contributed by atoms with Gasteiger partial charge in [0.05, 0.1) is 13.2 Å². The molecular formula is C33H38N2O6Si. The number of hydrogen-bond acceptors (Lipinski definition) is 6. The highest BCUT2D eigenvalue weighted by Crippen LogP contribution is 2.38. The van der Waals surface area contributed by atoms with E-state index in [4.69, 9.17) is 13.9 Å². The van der Waals surface area contributed by atoms with Gasteiger partial charge in [-0.2, -0.15) is 0 Å². The lowest BCUT2D eigenvalue weighted by atomic mass is 10.1. The molecule has 0 spiro atoms. The zero-order chi connectivity index (χ0) is 29.9. The Balaban J connectivity index is 1.52. The van der Waals surface area contributed by atoms with Crippen molar-refractivity contribution in [1.82, 2.24) is 9.55 Å². The van der Waals surface area contributed by atoms with Crippen LogP contribution in [-0.2, 0) is 20.5 Å². The molecule has 8 nitrogen and oxygen atoms in total. The van der Waals surface area contributed by atoms with Gasteiger partial charge >= 0.3 is 5.69 Å². The zero-order valence-corrected chi connectivity index (χ0v) is 25.4. The van der Waals surface area contributed by atoms with Crippen LogP contribution in [0.4, 0.5) is 0 Å². The molecule has 2 heterocycles. The lowest BCUT2D eigenvalue weighted by Crippen LogP contribution is -2.67. The Bertz CT molecular complexity index is 1540. The molecule has 3 aromatic carbocycles. The minimum absolute atomic E-state index is 0.122. The van der Waals surface area contributed by atoms with E-state index in [1.54, 1.807) is 6.92 Å². The van der Waals surface area contributed by atoms with Gasteiger partial charge < -0.3 is 19.0 Å². The van der Waals surface area contributed by atoms with Gasteiger partial charge in [0, 0.05) is 11.8 Å². The van der Waals surface area contributed by atoms with Gasteiger partial charge in [0.25, 0.3) is 13.9 Å². The second-order valence-corrected chi connectivity index (χ2v) is 16.1. The standard InChI is InChI=1S/C33H38N2O6Si/c1-23-20-35(32(38)34-30(23)37)31-28(36)29(39-21-24-14-8-5-9-15-24)27(41-31)22-40-42(33(2,3)4,25-16-10-6-11-17-25)26-18-12-7-13-19-26/h5-20,27-29,31,36H,21-22H2,1-4H3,(H,34,37,38)/t27-,28-,29-,31-/m1/s1. The summed E-state index contributed by atoms with van der Waals surface area (Å²) in [6.45, 7) is 8.55. The summed E-state index contributed by atoms with van der Waals surface area (Å²) in [6, 6.07) is 30.2. The van der Waals surface area contributed by atoms with Crippen molar-refractivity contribution < 1.29 is 19.0 Å². The van der Waals surface area contributed by atoms with E-state index in [-0.39, 0.29) is 18.3 Å². The average molecular weight is 587 g/mol. The molecule has 9 heteroatoms. The number of aromatic amines is 1. The van der Waals surface area contributed by atoms with Gasteiger partial charge in [-0.05, 0) is 27.9 Å². The summed E-state index contributed by atoms with van der Waals surface area (Å²) in [5.74, 6) is 0. The molecule has 0 saturated carbocycles. The predicted molar refractivity (Wildman–Crippen MR) is 165 cm³/mol. The first-order chi connectivity index (χ1) is 20.1. The Kier molecular flexibility index (Phi) is 8.77. The molecule has 0 unspecified atom stereocenters. The summed E-state index contributed by atoms with van der Waals surface area (Å²) in [7, 11) is -2.92. The molecule has 1 aromatic heterocycles. The monoisotopic (exact) mass is 586 g/mol. The van der Waals surface area contributed by atoms with Crippen molar-refractivity contribution in [3.63, 3.8) is 0 Å². The van der Waals surface area contributed by atoms with Crippen molar-refractivity contribution >= 4 is 18.7 Å². The molecule has 0 aliphatic carbocycles. The summed E-state index contributed by atoms with van der Waals surface area (Å²) in [6.07, 6.45) is -2.34. The quantitative estimate of drug-likeness (QED) is 0.292. The molecule has 2 N–H and O–H groups in total. The number of aliphatic hydroxyl groups is 1. The first-order valence-electron chi connectivity index (χ1n) is 14.2. The number of rotatable bonds is 9. The summed E-state index contributed by atoms with van der Waals surface area (Å²) >= 11 is 0. The van der Waals surface area contributed by atoms with E-state index in [1.165, 1.54) is 10.8 Å². The highest BCUT2D eigenvalue weighted by atomic mass is 28.4. The lowest BCUT2D eigenvalue weighted by molar-refractivity contribution is -0.0632. The third kappa shape index (κ3) is 5.84. The van der Waals surface area contributed by atoms with Crippen LogP contribution >= 0.6 is 0 Å². The van der Waals surface area contributed by atoms with Gasteiger partial charge in [0.2, 0.25) is 0 Å². The number of aliphatic hydroxyl groups excluding tert-OH is 1. The Labute approximate surface area is 246 Å². The smallest absolute Gasteiger partial charge is 0.330 e. The lowest BCUT2D eigenvalue weighted by Gasteiger charge is -2.43. The molecule has 0 amide bonds. The molecule has 1 fully saturated rings.